The smallest absolute Gasteiger partial charge is 0.131 e. The standard InChI is InChI=1S/C15H22N4O/c1-3-10-19-11-9-17-15(19)14(18-16)12-5-7-13(8-6-12)20-4-2/h5-9,11,14,18H,3-4,10,16H2,1-2H3. The van der Waals surface area contributed by atoms with Crippen LogP contribution in [0.4, 0.5) is 0 Å². The lowest BCUT2D eigenvalue weighted by atomic mass is 10.1. The summed E-state index contributed by atoms with van der Waals surface area (Å²) in [6, 6.07) is 7.82. The molecule has 0 aliphatic carbocycles. The summed E-state index contributed by atoms with van der Waals surface area (Å²) < 4.78 is 7.58. The Morgan fingerprint density at radius 3 is 2.65 bits per heavy atom. The molecule has 20 heavy (non-hydrogen) atoms. The van der Waals surface area contributed by atoms with Crippen molar-refractivity contribution in [1.29, 1.82) is 0 Å². The Labute approximate surface area is 119 Å². The highest BCUT2D eigenvalue weighted by molar-refractivity contribution is 5.32. The molecule has 0 fully saturated rings. The summed E-state index contributed by atoms with van der Waals surface area (Å²) in [4.78, 5) is 4.43. The van der Waals surface area contributed by atoms with Crippen molar-refractivity contribution in [2.45, 2.75) is 32.9 Å². The summed E-state index contributed by atoms with van der Waals surface area (Å²) in [6.45, 7) is 5.72. The van der Waals surface area contributed by atoms with Crippen molar-refractivity contribution in [3.63, 3.8) is 0 Å². The van der Waals surface area contributed by atoms with Crippen LogP contribution in [0.15, 0.2) is 36.7 Å². The Morgan fingerprint density at radius 1 is 1.30 bits per heavy atom. The van der Waals surface area contributed by atoms with Gasteiger partial charge in [0.15, 0.2) is 0 Å². The molecule has 2 rings (SSSR count). The van der Waals surface area contributed by atoms with Crippen molar-refractivity contribution in [2.75, 3.05) is 6.61 Å². The molecule has 5 nitrogen and oxygen atoms in total. The number of hydrogen-bond acceptors (Lipinski definition) is 4. The van der Waals surface area contributed by atoms with Crippen LogP contribution in [-0.2, 0) is 6.54 Å². The minimum Gasteiger partial charge on any atom is -0.494 e. The van der Waals surface area contributed by atoms with Crippen LogP contribution in [0.3, 0.4) is 0 Å². The maximum absolute atomic E-state index is 5.72. The second-order valence-corrected chi connectivity index (χ2v) is 4.58. The molecule has 0 saturated heterocycles. The van der Waals surface area contributed by atoms with Crippen LogP contribution in [0.25, 0.3) is 0 Å². The van der Waals surface area contributed by atoms with E-state index in [-0.39, 0.29) is 6.04 Å². The molecule has 0 bridgehead atoms. The number of nitrogens with two attached hydrogens (primary N) is 1. The zero-order valence-corrected chi connectivity index (χ0v) is 12.0. The van der Waals surface area contributed by atoms with Gasteiger partial charge in [0.25, 0.3) is 0 Å². The Kier molecular flexibility index (Phi) is 5.15. The van der Waals surface area contributed by atoms with Gasteiger partial charge in [0.1, 0.15) is 17.6 Å². The number of imidazole rings is 1. The minimum absolute atomic E-state index is 0.118. The summed E-state index contributed by atoms with van der Waals surface area (Å²) in [5, 5.41) is 0. The lowest BCUT2D eigenvalue weighted by Gasteiger charge is -2.18. The Balaban J connectivity index is 2.24. The summed E-state index contributed by atoms with van der Waals surface area (Å²) in [5.74, 6) is 7.52. The van der Waals surface area contributed by atoms with Crippen molar-refractivity contribution in [3.05, 3.63) is 48.0 Å². The molecular formula is C15H22N4O. The van der Waals surface area contributed by atoms with Crippen LogP contribution in [0.2, 0.25) is 0 Å². The molecule has 2 aromatic rings. The first-order valence-electron chi connectivity index (χ1n) is 7.00. The second-order valence-electron chi connectivity index (χ2n) is 4.58. The first kappa shape index (κ1) is 14.6. The Hall–Kier alpha value is -1.85. The third-order valence-corrected chi connectivity index (χ3v) is 3.16. The van der Waals surface area contributed by atoms with Crippen LogP contribution in [0, 0.1) is 0 Å². The van der Waals surface area contributed by atoms with Gasteiger partial charge in [0, 0.05) is 18.9 Å². The van der Waals surface area contributed by atoms with Gasteiger partial charge < -0.3 is 9.30 Å². The topological polar surface area (TPSA) is 65.1 Å². The monoisotopic (exact) mass is 274 g/mol. The number of nitrogens with zero attached hydrogens (tertiary/aromatic N) is 2. The molecule has 1 heterocycles. The molecule has 5 heteroatoms. The summed E-state index contributed by atoms with van der Waals surface area (Å²) >= 11 is 0. The second kappa shape index (κ2) is 7.07. The molecule has 1 aromatic heterocycles. The maximum Gasteiger partial charge on any atom is 0.131 e. The van der Waals surface area contributed by atoms with Crippen LogP contribution in [-0.4, -0.2) is 16.2 Å². The largest absolute Gasteiger partial charge is 0.494 e. The van der Waals surface area contributed by atoms with Gasteiger partial charge in [-0.15, -0.1) is 0 Å². The molecule has 0 spiro atoms. The number of ether oxygens (including phenoxy) is 1. The maximum atomic E-state index is 5.72. The van der Waals surface area contributed by atoms with E-state index in [2.05, 4.69) is 21.9 Å². The Bertz CT molecular complexity index is 521. The van der Waals surface area contributed by atoms with Crippen LogP contribution >= 0.6 is 0 Å². The number of hydrazine groups is 1. The fraction of sp³-hybridized carbons (Fsp3) is 0.400. The molecule has 0 aliphatic rings. The lowest BCUT2D eigenvalue weighted by molar-refractivity contribution is 0.340. The zero-order valence-electron chi connectivity index (χ0n) is 12.0. The predicted octanol–water partition coefficient (Wildman–Crippen LogP) is 2.24. The van der Waals surface area contributed by atoms with E-state index < -0.39 is 0 Å². The number of hydrogen-bond donors (Lipinski definition) is 2. The number of aryl methyl sites for hydroxylation is 1. The van der Waals surface area contributed by atoms with Gasteiger partial charge in [-0.05, 0) is 31.0 Å². The van der Waals surface area contributed by atoms with Gasteiger partial charge in [-0.25, -0.2) is 10.4 Å². The van der Waals surface area contributed by atoms with Gasteiger partial charge in [-0.2, -0.15) is 0 Å². The normalized spacial score (nSPS) is 12.3. The average molecular weight is 274 g/mol. The molecule has 1 unspecified atom stereocenters. The SMILES string of the molecule is CCCn1ccnc1C(NN)c1ccc(OCC)cc1. The highest BCUT2D eigenvalue weighted by Crippen LogP contribution is 2.22. The molecular weight excluding hydrogens is 252 g/mol. The zero-order chi connectivity index (χ0) is 14.4. The van der Waals surface area contributed by atoms with E-state index in [1.165, 1.54) is 0 Å². The van der Waals surface area contributed by atoms with Crippen molar-refractivity contribution >= 4 is 0 Å². The van der Waals surface area contributed by atoms with E-state index in [1.54, 1.807) is 0 Å². The molecule has 3 N–H and O–H groups in total. The Morgan fingerprint density at radius 2 is 2.05 bits per heavy atom. The van der Waals surface area contributed by atoms with E-state index >= 15 is 0 Å². The van der Waals surface area contributed by atoms with Crippen LogP contribution in [0.5, 0.6) is 5.75 Å². The van der Waals surface area contributed by atoms with E-state index in [4.69, 9.17) is 10.6 Å². The third-order valence-electron chi connectivity index (χ3n) is 3.16. The van der Waals surface area contributed by atoms with Crippen molar-refractivity contribution in [1.82, 2.24) is 15.0 Å². The average Bonchev–Trinajstić information content (AvgIpc) is 2.91. The predicted molar refractivity (Wildman–Crippen MR) is 79.3 cm³/mol. The van der Waals surface area contributed by atoms with E-state index in [0.29, 0.717) is 6.61 Å². The van der Waals surface area contributed by atoms with Gasteiger partial charge in [-0.1, -0.05) is 19.1 Å². The van der Waals surface area contributed by atoms with Gasteiger partial charge in [-0.3, -0.25) is 5.84 Å². The molecule has 0 amide bonds. The molecule has 0 saturated carbocycles. The van der Waals surface area contributed by atoms with Crippen LogP contribution < -0.4 is 16.0 Å². The van der Waals surface area contributed by atoms with Gasteiger partial charge in [0.2, 0.25) is 0 Å². The summed E-state index contributed by atoms with van der Waals surface area (Å²) in [7, 11) is 0. The van der Waals surface area contributed by atoms with Crippen molar-refractivity contribution in [2.24, 2.45) is 5.84 Å². The number of nitrogens with one attached hydrogen (secondary N) is 1. The van der Waals surface area contributed by atoms with E-state index in [9.17, 15) is 0 Å². The summed E-state index contributed by atoms with van der Waals surface area (Å²) in [5.41, 5.74) is 3.92. The molecule has 1 atom stereocenters. The number of benzene rings is 1. The van der Waals surface area contributed by atoms with E-state index in [1.807, 2.05) is 43.6 Å². The van der Waals surface area contributed by atoms with Gasteiger partial charge >= 0.3 is 0 Å². The lowest BCUT2D eigenvalue weighted by Crippen LogP contribution is -2.31. The quantitative estimate of drug-likeness (QED) is 0.600. The summed E-state index contributed by atoms with van der Waals surface area (Å²) in [6.07, 6.45) is 4.85. The van der Waals surface area contributed by atoms with Crippen LogP contribution in [0.1, 0.15) is 37.7 Å². The first-order chi connectivity index (χ1) is 9.80. The molecule has 108 valence electrons. The number of rotatable bonds is 7. The molecule has 1 aromatic carbocycles. The molecule has 0 radical (unpaired) electrons. The van der Waals surface area contributed by atoms with E-state index in [0.717, 1.165) is 30.1 Å². The van der Waals surface area contributed by atoms with Gasteiger partial charge in [0.05, 0.1) is 6.61 Å². The fourth-order valence-corrected chi connectivity index (χ4v) is 2.25. The highest BCUT2D eigenvalue weighted by Gasteiger charge is 2.17. The number of aromatic nitrogens is 2. The molecule has 0 aliphatic heterocycles. The fourth-order valence-electron chi connectivity index (χ4n) is 2.25. The van der Waals surface area contributed by atoms with Crippen molar-refractivity contribution in [3.8, 4) is 5.75 Å². The van der Waals surface area contributed by atoms with Crippen molar-refractivity contribution < 1.29 is 4.74 Å². The minimum atomic E-state index is -0.118. The third kappa shape index (κ3) is 3.18. The first-order valence-corrected chi connectivity index (χ1v) is 7.00. The highest BCUT2D eigenvalue weighted by atomic mass is 16.5.